The van der Waals surface area contributed by atoms with Gasteiger partial charge in [-0.15, -0.1) is 22.7 Å². The molecule has 2 N–H and O–H groups in total. The number of hydrogen-bond donors (Lipinski definition) is 2. The van der Waals surface area contributed by atoms with Crippen molar-refractivity contribution < 1.29 is 47.9 Å². The van der Waals surface area contributed by atoms with Gasteiger partial charge in [0.15, 0.2) is 23.2 Å². The molecule has 4 aliphatic carbocycles. The van der Waals surface area contributed by atoms with Crippen LogP contribution in [0.5, 0.6) is 0 Å². The maximum absolute atomic E-state index is 13.1. The van der Waals surface area contributed by atoms with E-state index in [1.165, 1.54) is 20.9 Å². The smallest absolute Gasteiger partial charge is 0.334 e. The number of ketones is 2. The topological polar surface area (TPSA) is 205 Å². The molecule has 2 saturated carbocycles. The number of rotatable bonds is 12. The average Bonchev–Trinajstić information content (AvgIpc) is 4.08. The average molecular weight is 829 g/mol. The molecule has 304 valence electrons. The Labute approximate surface area is 341 Å². The summed E-state index contributed by atoms with van der Waals surface area (Å²) in [6, 6.07) is 0. The van der Waals surface area contributed by atoms with Crippen LogP contribution in [0.15, 0.2) is 31.3 Å². The summed E-state index contributed by atoms with van der Waals surface area (Å²) in [4.78, 5) is 62.8. The van der Waals surface area contributed by atoms with E-state index >= 15 is 0 Å². The van der Waals surface area contributed by atoms with Crippen LogP contribution in [-0.4, -0.2) is 80.4 Å². The maximum Gasteiger partial charge on any atom is 0.334 e. The van der Waals surface area contributed by atoms with Gasteiger partial charge < -0.3 is 28.7 Å². The van der Waals surface area contributed by atoms with Crippen molar-refractivity contribution in [3.63, 3.8) is 0 Å². The second kappa shape index (κ2) is 16.5. The van der Waals surface area contributed by atoms with Gasteiger partial charge in [-0.25, -0.2) is 9.59 Å². The first-order valence-corrected chi connectivity index (χ1v) is 21.9. The van der Waals surface area contributed by atoms with E-state index in [0.29, 0.717) is 48.8 Å². The van der Waals surface area contributed by atoms with E-state index in [4.69, 9.17) is 18.5 Å². The summed E-state index contributed by atoms with van der Waals surface area (Å²) < 4.78 is 21.8. The van der Waals surface area contributed by atoms with E-state index in [1.54, 1.807) is 22.7 Å². The van der Waals surface area contributed by atoms with E-state index in [0.717, 1.165) is 110 Å². The highest BCUT2D eigenvalue weighted by Crippen LogP contribution is 2.45. The lowest BCUT2D eigenvalue weighted by atomic mass is 9.92. The van der Waals surface area contributed by atoms with E-state index in [-0.39, 0.29) is 60.8 Å². The molecule has 0 bridgehead atoms. The second-order valence-electron chi connectivity index (χ2n) is 15.8. The van der Waals surface area contributed by atoms with Crippen molar-refractivity contribution in [3.05, 3.63) is 64.6 Å². The Bertz CT molecular complexity index is 2190. The van der Waals surface area contributed by atoms with Gasteiger partial charge in [-0.1, -0.05) is 10.3 Å². The van der Waals surface area contributed by atoms with Gasteiger partial charge in [0.25, 0.3) is 11.8 Å². The number of carbonyl (C=O) groups is 4. The third kappa shape index (κ3) is 8.03. The summed E-state index contributed by atoms with van der Waals surface area (Å²) in [7, 11) is 0. The number of aryl methyl sites for hydroxylation is 2. The zero-order valence-electron chi connectivity index (χ0n) is 32.1. The monoisotopic (exact) mass is 828 g/mol. The predicted molar refractivity (Wildman–Crippen MR) is 210 cm³/mol. The fourth-order valence-corrected chi connectivity index (χ4v) is 11.1. The lowest BCUT2D eigenvalue weighted by Crippen LogP contribution is -2.23. The van der Waals surface area contributed by atoms with E-state index in [2.05, 4.69) is 20.3 Å². The first kappa shape index (κ1) is 38.9. The third-order valence-corrected chi connectivity index (χ3v) is 14.3. The van der Waals surface area contributed by atoms with Gasteiger partial charge in [0.1, 0.15) is 0 Å². The van der Waals surface area contributed by atoms with E-state index < -0.39 is 11.9 Å². The number of nitrogens with zero attached hydrogens (tertiary/aromatic N) is 4. The quantitative estimate of drug-likeness (QED) is 0.149. The Morgan fingerprint density at radius 2 is 1.02 bits per heavy atom. The largest absolute Gasteiger partial charge is 0.478 e. The van der Waals surface area contributed by atoms with E-state index in [1.807, 2.05) is 0 Å². The third-order valence-electron chi connectivity index (χ3n) is 11.7. The summed E-state index contributed by atoms with van der Waals surface area (Å²) >= 11 is 3.27. The highest BCUT2D eigenvalue weighted by atomic mass is 32.1. The molecule has 58 heavy (non-hydrogen) atoms. The van der Waals surface area contributed by atoms with Crippen LogP contribution >= 0.6 is 22.7 Å². The Balaban J connectivity index is 0.000000150. The number of aliphatic carboxylic acids is 2. The Kier molecular flexibility index (Phi) is 11.1. The molecule has 0 atom stereocenters. The minimum Gasteiger partial charge on any atom is -0.478 e. The molecular formula is C42H44N4O10S2. The standard InChI is InChI=1S/2C21H22N2O5S/c24-15(14-10-27-8-7-12(14)21(25)26)9-17-18(13-3-1-2-4-16(13)29-17)20-22-19(23-28-20)11-5-6-11;24-15(12-7-8-27-10-14(12)21(25)26)9-17-18(13-3-1-2-4-16(13)29-17)20-22-19(23-28-20)11-5-6-11/h2*11H,1-10H2,(H,25,26). The first-order valence-electron chi connectivity index (χ1n) is 20.3. The zero-order chi connectivity index (χ0) is 39.9. The summed E-state index contributed by atoms with van der Waals surface area (Å²) in [6.07, 6.45) is 13.7. The number of carboxylic acid groups (broad SMARTS) is 2. The molecule has 10 rings (SSSR count). The summed E-state index contributed by atoms with van der Waals surface area (Å²) in [5, 5.41) is 27.2. The number of carbonyl (C=O) groups excluding carboxylic acids is 2. The van der Waals surface area contributed by atoms with Crippen LogP contribution in [0.4, 0.5) is 0 Å². The summed E-state index contributed by atoms with van der Waals surface area (Å²) in [6.45, 7) is 0.759. The number of ether oxygens (including phenoxy) is 2. The van der Waals surface area contributed by atoms with Crippen LogP contribution in [0.25, 0.3) is 22.9 Å². The number of fused-ring (bicyclic) bond motifs is 2. The van der Waals surface area contributed by atoms with Gasteiger partial charge in [0.2, 0.25) is 0 Å². The van der Waals surface area contributed by atoms with Gasteiger partial charge in [-0.2, -0.15) is 9.97 Å². The van der Waals surface area contributed by atoms with Crippen LogP contribution in [0.2, 0.25) is 0 Å². The van der Waals surface area contributed by atoms with Crippen molar-refractivity contribution in [2.24, 2.45) is 0 Å². The van der Waals surface area contributed by atoms with Gasteiger partial charge in [-0.3, -0.25) is 9.59 Å². The molecule has 0 aromatic carbocycles. The minimum absolute atomic E-state index is 0.0153. The minimum atomic E-state index is -1.08. The molecule has 6 aliphatic rings. The molecule has 4 aromatic heterocycles. The maximum atomic E-state index is 13.1. The van der Waals surface area contributed by atoms with Gasteiger partial charge in [0.05, 0.1) is 43.1 Å². The van der Waals surface area contributed by atoms with Crippen LogP contribution in [0.1, 0.15) is 118 Å². The molecule has 4 aromatic rings. The van der Waals surface area contributed by atoms with Crippen LogP contribution in [-0.2, 0) is 67.2 Å². The lowest BCUT2D eigenvalue weighted by Gasteiger charge is -2.17. The van der Waals surface area contributed by atoms with Crippen molar-refractivity contribution in [1.29, 1.82) is 0 Å². The van der Waals surface area contributed by atoms with Crippen molar-refractivity contribution in [2.75, 3.05) is 26.4 Å². The fourth-order valence-electron chi connectivity index (χ4n) is 8.34. The number of hydrogen-bond acceptors (Lipinski definition) is 14. The van der Waals surface area contributed by atoms with Crippen LogP contribution in [0, 0.1) is 0 Å². The van der Waals surface area contributed by atoms with Gasteiger partial charge >= 0.3 is 11.9 Å². The highest BCUT2D eigenvalue weighted by molar-refractivity contribution is 7.13. The van der Waals surface area contributed by atoms with Crippen LogP contribution in [0.3, 0.4) is 0 Å². The fraction of sp³-hybridized carbons (Fsp3) is 0.524. The molecule has 6 heterocycles. The Morgan fingerprint density at radius 1 is 0.569 bits per heavy atom. The van der Waals surface area contributed by atoms with Crippen molar-refractivity contribution >= 4 is 46.2 Å². The molecule has 0 unspecified atom stereocenters. The number of Topliss-reactive ketones (excluding diaryl/α,β-unsaturated/α-hetero) is 2. The van der Waals surface area contributed by atoms with Gasteiger partial charge in [0, 0.05) is 67.3 Å². The molecule has 2 fully saturated rings. The summed E-state index contributed by atoms with van der Waals surface area (Å²) in [5.41, 5.74) is 5.21. The van der Waals surface area contributed by atoms with Gasteiger partial charge in [-0.05, 0) is 94.6 Å². The molecule has 0 saturated heterocycles. The number of aromatic nitrogens is 4. The highest BCUT2D eigenvalue weighted by Gasteiger charge is 2.35. The predicted octanol–water partition coefficient (Wildman–Crippen LogP) is 6.93. The van der Waals surface area contributed by atoms with Crippen molar-refractivity contribution in [3.8, 4) is 22.9 Å². The molecule has 0 amide bonds. The van der Waals surface area contributed by atoms with Crippen molar-refractivity contribution in [2.45, 2.75) is 115 Å². The molecule has 0 spiro atoms. The number of carboxylic acids is 2. The molecule has 16 heteroatoms. The normalized spacial score (nSPS) is 19.3. The van der Waals surface area contributed by atoms with Crippen LogP contribution < -0.4 is 0 Å². The Hall–Kier alpha value is -4.64. The first-order chi connectivity index (χ1) is 28.2. The summed E-state index contributed by atoms with van der Waals surface area (Å²) in [5.74, 6) is 0.870. The number of thiophene rings is 2. The second-order valence-corrected chi connectivity index (χ2v) is 18.2. The lowest BCUT2D eigenvalue weighted by molar-refractivity contribution is -0.134. The Morgan fingerprint density at radius 3 is 1.50 bits per heavy atom. The molecular weight excluding hydrogens is 785 g/mol. The molecule has 0 radical (unpaired) electrons. The molecule has 2 aliphatic heterocycles. The van der Waals surface area contributed by atoms with Crippen molar-refractivity contribution in [1.82, 2.24) is 20.3 Å². The SMILES string of the molecule is O=C(O)C1=C(C(=O)Cc2sc3c(c2-c2nc(C4CC4)no2)CCCC3)CCOC1.O=C(O)C1=C(C(=O)Cc2sc3c(c2-c2nc(C4CC4)no2)CCCC3)COCC1. The zero-order valence-corrected chi connectivity index (χ0v) is 33.7. The van der Waals surface area contributed by atoms with E-state index in [9.17, 15) is 29.4 Å². The molecule has 14 nitrogen and oxygen atoms in total.